The molecular weight excluding hydrogens is 384 g/mol. The van der Waals surface area contributed by atoms with E-state index in [0.717, 1.165) is 29.1 Å². The number of hydrogen-bond donors (Lipinski definition) is 2. The van der Waals surface area contributed by atoms with Crippen molar-refractivity contribution < 1.29 is 14.7 Å². The molecule has 6 heteroatoms. The van der Waals surface area contributed by atoms with Crippen molar-refractivity contribution in [1.29, 1.82) is 0 Å². The Balaban J connectivity index is 1.70. The first-order valence-electron chi connectivity index (χ1n) is 10.1. The minimum Gasteiger partial charge on any atom is -0.481 e. The molecule has 1 amide bonds. The molecule has 1 aromatic carbocycles. The molecule has 1 aliphatic carbocycles. The van der Waals surface area contributed by atoms with Gasteiger partial charge in [0.05, 0.1) is 17.5 Å². The molecule has 0 spiro atoms. The van der Waals surface area contributed by atoms with Gasteiger partial charge in [0.1, 0.15) is 5.01 Å². The van der Waals surface area contributed by atoms with Crippen molar-refractivity contribution in [1.82, 2.24) is 4.98 Å². The van der Waals surface area contributed by atoms with Gasteiger partial charge in [-0.25, -0.2) is 4.98 Å². The van der Waals surface area contributed by atoms with Crippen LogP contribution in [0, 0.1) is 18.8 Å². The third-order valence-electron chi connectivity index (χ3n) is 5.39. The lowest BCUT2D eigenvalue weighted by Gasteiger charge is -2.27. The summed E-state index contributed by atoms with van der Waals surface area (Å²) in [6.45, 7) is 6.38. The first-order valence-corrected chi connectivity index (χ1v) is 11.0. The molecule has 1 aromatic heterocycles. The highest BCUT2D eigenvalue weighted by atomic mass is 32.1. The summed E-state index contributed by atoms with van der Waals surface area (Å²) < 4.78 is 0. The molecule has 1 fully saturated rings. The van der Waals surface area contributed by atoms with Gasteiger partial charge in [0.15, 0.2) is 0 Å². The van der Waals surface area contributed by atoms with Gasteiger partial charge in [-0.2, -0.15) is 0 Å². The summed E-state index contributed by atoms with van der Waals surface area (Å²) in [7, 11) is 0. The predicted octanol–water partition coefficient (Wildman–Crippen LogP) is 5.57. The number of nitrogens with one attached hydrogen (secondary N) is 1. The number of carbonyl (C=O) groups is 2. The molecule has 2 N–H and O–H groups in total. The Morgan fingerprint density at radius 3 is 2.59 bits per heavy atom. The van der Waals surface area contributed by atoms with Gasteiger partial charge in [-0.1, -0.05) is 44.9 Å². The highest BCUT2D eigenvalue weighted by Crippen LogP contribution is 2.31. The minimum absolute atomic E-state index is 0.199. The number of benzene rings is 1. The summed E-state index contributed by atoms with van der Waals surface area (Å²) in [5, 5.41) is 13.3. The van der Waals surface area contributed by atoms with E-state index in [0.29, 0.717) is 24.4 Å². The van der Waals surface area contributed by atoms with Crippen LogP contribution in [0.5, 0.6) is 0 Å². The van der Waals surface area contributed by atoms with Crippen LogP contribution in [0.15, 0.2) is 24.3 Å². The Morgan fingerprint density at radius 2 is 1.93 bits per heavy atom. The van der Waals surface area contributed by atoms with Crippen molar-refractivity contribution in [3.05, 3.63) is 45.4 Å². The largest absolute Gasteiger partial charge is 0.481 e. The van der Waals surface area contributed by atoms with E-state index in [1.54, 1.807) is 11.3 Å². The first kappa shape index (κ1) is 21.2. The standard InChI is InChI=1S/C23H28N2O3S/c1-14(2)21-15(3)29-20(25-21)12-11-16-7-6-8-17(13-16)24-22(26)18-9-4-5-10-19(18)23(27)28/h6-8,11-14,18-19H,4-5,9-10H2,1-3H3,(H,24,26)(H,27,28)/b12-11+/t18-,19+/m1/s1. The third kappa shape index (κ3) is 5.32. The number of anilines is 1. The van der Waals surface area contributed by atoms with E-state index in [1.165, 1.54) is 4.88 Å². The molecule has 5 nitrogen and oxygen atoms in total. The van der Waals surface area contributed by atoms with Crippen molar-refractivity contribution >= 4 is 41.1 Å². The SMILES string of the molecule is Cc1sc(/C=C/c2cccc(NC(=O)[C@@H]3CCCC[C@@H]3C(=O)O)c2)nc1C(C)C. The van der Waals surface area contributed by atoms with Gasteiger partial charge in [-0.15, -0.1) is 11.3 Å². The Morgan fingerprint density at radius 1 is 1.21 bits per heavy atom. The zero-order chi connectivity index (χ0) is 21.0. The van der Waals surface area contributed by atoms with Crippen LogP contribution in [0.25, 0.3) is 12.2 Å². The van der Waals surface area contributed by atoms with Gasteiger partial charge < -0.3 is 10.4 Å². The Hall–Kier alpha value is -2.47. The molecule has 0 saturated heterocycles. The highest BCUT2D eigenvalue weighted by molar-refractivity contribution is 7.12. The molecule has 1 saturated carbocycles. The van der Waals surface area contributed by atoms with Crippen LogP contribution in [0.2, 0.25) is 0 Å². The number of amides is 1. The molecule has 0 unspecified atom stereocenters. The molecule has 1 heterocycles. The minimum atomic E-state index is -0.874. The van der Waals surface area contributed by atoms with E-state index in [1.807, 2.05) is 36.4 Å². The fraction of sp³-hybridized carbons (Fsp3) is 0.435. The van der Waals surface area contributed by atoms with Gasteiger partial charge in [-0.05, 0) is 49.5 Å². The summed E-state index contributed by atoms with van der Waals surface area (Å²) in [6.07, 6.45) is 6.95. The average Bonchev–Trinajstić information content (AvgIpc) is 3.07. The molecule has 0 radical (unpaired) electrons. The number of nitrogens with zero attached hydrogens (tertiary/aromatic N) is 1. The van der Waals surface area contributed by atoms with Gasteiger partial charge in [0, 0.05) is 10.6 Å². The molecule has 1 aliphatic rings. The second-order valence-electron chi connectivity index (χ2n) is 7.93. The van der Waals surface area contributed by atoms with E-state index in [9.17, 15) is 14.7 Å². The van der Waals surface area contributed by atoms with Crippen LogP contribution in [-0.2, 0) is 9.59 Å². The first-order chi connectivity index (χ1) is 13.8. The van der Waals surface area contributed by atoms with Crippen LogP contribution < -0.4 is 5.32 Å². The topological polar surface area (TPSA) is 79.3 Å². The summed E-state index contributed by atoms with van der Waals surface area (Å²) >= 11 is 1.68. The zero-order valence-electron chi connectivity index (χ0n) is 17.1. The van der Waals surface area contributed by atoms with Crippen LogP contribution in [0.1, 0.15) is 66.6 Å². The molecule has 3 rings (SSSR count). The van der Waals surface area contributed by atoms with E-state index >= 15 is 0 Å². The molecule has 2 aromatic rings. The van der Waals surface area contributed by atoms with Gasteiger partial charge in [0.25, 0.3) is 0 Å². The number of carboxylic acids is 1. The number of carbonyl (C=O) groups excluding carboxylic acids is 1. The maximum atomic E-state index is 12.7. The zero-order valence-corrected chi connectivity index (χ0v) is 18.0. The van der Waals surface area contributed by atoms with E-state index in [2.05, 4.69) is 31.1 Å². The van der Waals surface area contributed by atoms with Gasteiger partial charge in [-0.3, -0.25) is 9.59 Å². The van der Waals surface area contributed by atoms with E-state index in [-0.39, 0.29) is 5.91 Å². The van der Waals surface area contributed by atoms with E-state index in [4.69, 9.17) is 0 Å². The quantitative estimate of drug-likeness (QED) is 0.649. The molecule has 29 heavy (non-hydrogen) atoms. The summed E-state index contributed by atoms with van der Waals surface area (Å²) in [4.78, 5) is 30.1. The number of carboxylic acid groups (broad SMARTS) is 1. The number of hydrogen-bond acceptors (Lipinski definition) is 4. The second kappa shape index (κ2) is 9.35. The number of thiazole rings is 1. The van der Waals surface area contributed by atoms with Crippen LogP contribution in [0.4, 0.5) is 5.69 Å². The summed E-state index contributed by atoms with van der Waals surface area (Å²) in [5.74, 6) is -1.72. The number of aromatic nitrogens is 1. The molecule has 0 bridgehead atoms. The predicted molar refractivity (Wildman–Crippen MR) is 118 cm³/mol. The Bertz CT molecular complexity index is 917. The fourth-order valence-corrected chi connectivity index (χ4v) is 4.88. The molecule has 0 aliphatic heterocycles. The normalized spacial score (nSPS) is 19.6. The Kier molecular flexibility index (Phi) is 6.85. The highest BCUT2D eigenvalue weighted by Gasteiger charge is 2.35. The van der Waals surface area contributed by atoms with Crippen molar-refractivity contribution in [2.24, 2.45) is 11.8 Å². The smallest absolute Gasteiger partial charge is 0.307 e. The molecule has 154 valence electrons. The van der Waals surface area contributed by atoms with Crippen molar-refractivity contribution in [2.45, 2.75) is 52.4 Å². The van der Waals surface area contributed by atoms with Crippen LogP contribution in [-0.4, -0.2) is 22.0 Å². The average molecular weight is 413 g/mol. The maximum Gasteiger partial charge on any atom is 0.307 e. The van der Waals surface area contributed by atoms with Gasteiger partial charge >= 0.3 is 5.97 Å². The lowest BCUT2D eigenvalue weighted by atomic mass is 9.78. The van der Waals surface area contributed by atoms with E-state index < -0.39 is 17.8 Å². The second-order valence-corrected chi connectivity index (χ2v) is 9.17. The number of aryl methyl sites for hydroxylation is 1. The number of rotatable bonds is 6. The third-order valence-corrected chi connectivity index (χ3v) is 6.34. The molecular formula is C23H28N2O3S. The van der Waals surface area contributed by atoms with Crippen molar-refractivity contribution in [2.75, 3.05) is 5.32 Å². The lowest BCUT2D eigenvalue weighted by Crippen LogP contribution is -2.36. The molecule has 2 atom stereocenters. The number of aliphatic carboxylic acids is 1. The lowest BCUT2D eigenvalue weighted by molar-refractivity contribution is -0.147. The van der Waals surface area contributed by atoms with Gasteiger partial charge in [0.2, 0.25) is 5.91 Å². The van der Waals surface area contributed by atoms with Crippen LogP contribution in [0.3, 0.4) is 0 Å². The van der Waals surface area contributed by atoms with Crippen LogP contribution >= 0.6 is 11.3 Å². The maximum absolute atomic E-state index is 12.7. The Labute approximate surface area is 175 Å². The summed E-state index contributed by atoms with van der Waals surface area (Å²) in [5.41, 5.74) is 2.78. The van der Waals surface area contributed by atoms with Crippen molar-refractivity contribution in [3.8, 4) is 0 Å². The monoisotopic (exact) mass is 412 g/mol. The fourth-order valence-electron chi connectivity index (χ4n) is 3.90. The summed E-state index contributed by atoms with van der Waals surface area (Å²) in [6, 6.07) is 7.59. The van der Waals surface area contributed by atoms with Crippen molar-refractivity contribution in [3.63, 3.8) is 0 Å².